The van der Waals surface area contributed by atoms with Crippen molar-refractivity contribution in [3.05, 3.63) is 81.0 Å². The molecule has 0 aliphatic carbocycles. The largest absolute Gasteiger partial charge is 0.481 e. The predicted molar refractivity (Wildman–Crippen MR) is 141 cm³/mol. The Balaban J connectivity index is 1.76. The molecule has 4 rings (SSSR count). The van der Waals surface area contributed by atoms with Crippen LogP contribution in [-0.4, -0.2) is 49.1 Å². The molecule has 2 heterocycles. The first-order chi connectivity index (χ1) is 17.2. The van der Waals surface area contributed by atoms with E-state index in [1.807, 2.05) is 49.8 Å². The average Bonchev–Trinajstić information content (AvgIpc) is 3.44. The van der Waals surface area contributed by atoms with Gasteiger partial charge in [0.25, 0.3) is 5.91 Å². The first-order valence-electron chi connectivity index (χ1n) is 11.3. The molecule has 1 aromatic heterocycles. The number of anilines is 2. The van der Waals surface area contributed by atoms with Gasteiger partial charge in [-0.25, -0.2) is 4.79 Å². The molecule has 0 saturated heterocycles. The van der Waals surface area contributed by atoms with E-state index in [2.05, 4.69) is 15.5 Å². The molecule has 0 radical (unpaired) electrons. The van der Waals surface area contributed by atoms with E-state index >= 15 is 0 Å². The highest BCUT2D eigenvalue weighted by molar-refractivity contribution is 7.10. The van der Waals surface area contributed by atoms with Gasteiger partial charge < -0.3 is 25.4 Å². The number of carboxylic acid groups (broad SMARTS) is 1. The van der Waals surface area contributed by atoms with Crippen LogP contribution in [-0.2, 0) is 27.3 Å². The molecule has 0 bridgehead atoms. The van der Waals surface area contributed by atoms with Gasteiger partial charge >= 0.3 is 11.9 Å². The van der Waals surface area contributed by atoms with Gasteiger partial charge in [0.05, 0.1) is 36.1 Å². The molecule has 1 aliphatic heterocycles. The standard InChI is InChI=1S/C27H27N3O5S/c1-30(2)14-16-4-7-19(8-5-16)28-25(18-12-20(36-15-18)9-11-23(31)32)24-21-10-6-17(27(34)35-3)13-22(21)29-26(24)33/h4-8,10,12-13,15,28H,9,11,14H2,1-3H3,(H,29,33)(H,31,32)/b25-24-. The molecule has 0 atom stereocenters. The van der Waals surface area contributed by atoms with Crippen molar-refractivity contribution in [3.8, 4) is 0 Å². The summed E-state index contributed by atoms with van der Waals surface area (Å²) in [4.78, 5) is 39.2. The number of rotatable bonds is 9. The van der Waals surface area contributed by atoms with Gasteiger partial charge in [0.1, 0.15) is 0 Å². The van der Waals surface area contributed by atoms with Gasteiger partial charge in [0.2, 0.25) is 0 Å². The fourth-order valence-electron chi connectivity index (χ4n) is 4.02. The summed E-state index contributed by atoms with van der Waals surface area (Å²) in [5.74, 6) is -1.64. The van der Waals surface area contributed by atoms with Gasteiger partial charge in [-0.15, -0.1) is 11.3 Å². The number of nitrogens with one attached hydrogen (secondary N) is 2. The highest BCUT2D eigenvalue weighted by Crippen LogP contribution is 2.39. The highest BCUT2D eigenvalue weighted by Gasteiger charge is 2.29. The normalized spacial score (nSPS) is 13.8. The lowest BCUT2D eigenvalue weighted by atomic mass is 10.00. The first-order valence-corrected chi connectivity index (χ1v) is 12.2. The molecule has 0 fully saturated rings. The van der Waals surface area contributed by atoms with Crippen molar-refractivity contribution in [2.24, 2.45) is 0 Å². The Labute approximate surface area is 213 Å². The summed E-state index contributed by atoms with van der Waals surface area (Å²) in [5, 5.41) is 17.2. The Morgan fingerprint density at radius 3 is 2.50 bits per heavy atom. The number of ether oxygens (including phenoxy) is 1. The Hall–Kier alpha value is -3.95. The molecule has 186 valence electrons. The minimum absolute atomic E-state index is 0.0340. The number of fused-ring (bicyclic) bond motifs is 1. The number of hydrogen-bond donors (Lipinski definition) is 3. The molecule has 36 heavy (non-hydrogen) atoms. The number of amides is 1. The van der Waals surface area contributed by atoms with Crippen LogP contribution in [0.3, 0.4) is 0 Å². The van der Waals surface area contributed by atoms with E-state index in [0.717, 1.165) is 28.2 Å². The highest BCUT2D eigenvalue weighted by atomic mass is 32.1. The maximum atomic E-state index is 13.2. The van der Waals surface area contributed by atoms with Crippen LogP contribution in [0.4, 0.5) is 11.4 Å². The van der Waals surface area contributed by atoms with Gasteiger partial charge in [-0.3, -0.25) is 9.59 Å². The van der Waals surface area contributed by atoms with Crippen molar-refractivity contribution < 1.29 is 24.2 Å². The second kappa shape index (κ2) is 10.8. The van der Waals surface area contributed by atoms with Crippen LogP contribution in [0.5, 0.6) is 0 Å². The number of aryl methyl sites for hydroxylation is 1. The van der Waals surface area contributed by atoms with Gasteiger partial charge in [-0.05, 0) is 56.4 Å². The van der Waals surface area contributed by atoms with E-state index in [-0.39, 0.29) is 12.3 Å². The topological polar surface area (TPSA) is 108 Å². The third-order valence-electron chi connectivity index (χ3n) is 5.69. The second-order valence-corrected chi connectivity index (χ2v) is 9.71. The third-order valence-corrected chi connectivity index (χ3v) is 6.68. The van der Waals surface area contributed by atoms with Crippen molar-refractivity contribution in [2.75, 3.05) is 31.8 Å². The molecule has 0 spiro atoms. The Kier molecular flexibility index (Phi) is 7.52. The molecular weight excluding hydrogens is 478 g/mol. The van der Waals surface area contributed by atoms with Crippen molar-refractivity contribution >= 4 is 51.8 Å². The zero-order chi connectivity index (χ0) is 25.8. The van der Waals surface area contributed by atoms with Gasteiger partial charge in [-0.1, -0.05) is 18.2 Å². The molecule has 1 aliphatic rings. The summed E-state index contributed by atoms with van der Waals surface area (Å²) in [6, 6.07) is 14.9. The summed E-state index contributed by atoms with van der Waals surface area (Å²) in [7, 11) is 5.33. The van der Waals surface area contributed by atoms with E-state index in [1.165, 1.54) is 18.4 Å². The number of benzene rings is 2. The van der Waals surface area contributed by atoms with Crippen LogP contribution in [0.1, 0.15) is 38.3 Å². The molecule has 1 amide bonds. The van der Waals surface area contributed by atoms with Crippen LogP contribution >= 0.6 is 11.3 Å². The van der Waals surface area contributed by atoms with E-state index in [1.54, 1.807) is 18.2 Å². The van der Waals surface area contributed by atoms with Crippen LogP contribution in [0.25, 0.3) is 11.3 Å². The zero-order valence-electron chi connectivity index (χ0n) is 20.3. The second-order valence-electron chi connectivity index (χ2n) is 8.71. The molecule has 3 aromatic rings. The van der Waals surface area contributed by atoms with Crippen LogP contribution in [0.2, 0.25) is 0 Å². The fourth-order valence-corrected chi connectivity index (χ4v) is 4.90. The predicted octanol–water partition coefficient (Wildman–Crippen LogP) is 4.55. The maximum absolute atomic E-state index is 13.2. The number of aliphatic carboxylic acids is 1. The minimum atomic E-state index is -0.857. The monoisotopic (exact) mass is 505 g/mol. The third kappa shape index (κ3) is 5.64. The fraction of sp³-hybridized carbons (Fsp3) is 0.222. The summed E-state index contributed by atoms with van der Waals surface area (Å²) in [5.41, 5.74) is 5.34. The summed E-state index contributed by atoms with van der Waals surface area (Å²) in [6.45, 7) is 0.810. The maximum Gasteiger partial charge on any atom is 0.337 e. The lowest BCUT2D eigenvalue weighted by molar-refractivity contribution is -0.136. The number of esters is 1. The number of carboxylic acids is 1. The SMILES string of the molecule is COC(=O)c1ccc2c(c1)NC(=O)/C2=C(\Nc1ccc(CN(C)C)cc1)c1csc(CCC(=O)O)c1. The molecule has 9 heteroatoms. The van der Waals surface area contributed by atoms with E-state index in [4.69, 9.17) is 9.84 Å². The van der Waals surface area contributed by atoms with Crippen molar-refractivity contribution in [1.82, 2.24) is 4.90 Å². The zero-order valence-corrected chi connectivity index (χ0v) is 21.1. The van der Waals surface area contributed by atoms with E-state index < -0.39 is 11.9 Å². The smallest absolute Gasteiger partial charge is 0.337 e. The first kappa shape index (κ1) is 25.2. The van der Waals surface area contributed by atoms with E-state index in [0.29, 0.717) is 34.5 Å². The number of methoxy groups -OCH3 is 1. The molecule has 0 saturated carbocycles. The van der Waals surface area contributed by atoms with Gasteiger partial charge in [0.15, 0.2) is 0 Å². The number of hydrogen-bond acceptors (Lipinski definition) is 7. The molecule has 0 unspecified atom stereocenters. The quantitative estimate of drug-likeness (QED) is 0.289. The van der Waals surface area contributed by atoms with E-state index in [9.17, 15) is 14.4 Å². The molecular formula is C27H27N3O5S. The molecule has 2 aromatic carbocycles. The molecule has 3 N–H and O–H groups in total. The Morgan fingerprint density at radius 2 is 1.83 bits per heavy atom. The van der Waals surface area contributed by atoms with Crippen molar-refractivity contribution in [3.63, 3.8) is 0 Å². The van der Waals surface area contributed by atoms with Gasteiger partial charge in [-0.2, -0.15) is 0 Å². The number of carbonyl (C=O) groups is 3. The Bertz CT molecular complexity index is 1340. The van der Waals surface area contributed by atoms with Crippen molar-refractivity contribution in [1.29, 1.82) is 0 Å². The number of nitrogens with zero attached hydrogens (tertiary/aromatic N) is 1. The minimum Gasteiger partial charge on any atom is -0.481 e. The van der Waals surface area contributed by atoms with Gasteiger partial charge in [0, 0.05) is 33.6 Å². The summed E-state index contributed by atoms with van der Waals surface area (Å²) >= 11 is 1.45. The van der Waals surface area contributed by atoms with Crippen LogP contribution in [0, 0.1) is 0 Å². The molecule has 8 nitrogen and oxygen atoms in total. The van der Waals surface area contributed by atoms with Crippen LogP contribution in [0.15, 0.2) is 53.9 Å². The lowest BCUT2D eigenvalue weighted by Crippen LogP contribution is -2.11. The Morgan fingerprint density at radius 1 is 1.08 bits per heavy atom. The summed E-state index contributed by atoms with van der Waals surface area (Å²) < 4.78 is 4.80. The summed E-state index contributed by atoms with van der Waals surface area (Å²) in [6.07, 6.45) is 0.444. The lowest BCUT2D eigenvalue weighted by Gasteiger charge is -2.15. The van der Waals surface area contributed by atoms with Crippen LogP contribution < -0.4 is 10.6 Å². The number of thiophene rings is 1. The van der Waals surface area contributed by atoms with Crippen molar-refractivity contribution in [2.45, 2.75) is 19.4 Å². The number of carbonyl (C=O) groups excluding carboxylic acids is 2. The average molecular weight is 506 g/mol.